The van der Waals surface area contributed by atoms with Crippen LogP contribution >= 0.6 is 0 Å². The van der Waals surface area contributed by atoms with Crippen molar-refractivity contribution < 1.29 is 13.2 Å². The highest BCUT2D eigenvalue weighted by molar-refractivity contribution is 7.89. The SMILES string of the molecule is CCCCCC(=O)Nc1ccc(N2CCCC[C@H]2C)c(S(=O)(=O)N[C@H](C)CC)c1. The molecule has 164 valence electrons. The van der Waals surface area contributed by atoms with Gasteiger partial charge in [-0.25, -0.2) is 13.1 Å². The maximum Gasteiger partial charge on any atom is 0.242 e. The van der Waals surface area contributed by atoms with Crippen molar-refractivity contribution in [1.29, 1.82) is 0 Å². The zero-order chi connectivity index (χ0) is 21.4. The number of hydrogen-bond donors (Lipinski definition) is 2. The van der Waals surface area contributed by atoms with Crippen molar-refractivity contribution in [3.63, 3.8) is 0 Å². The van der Waals surface area contributed by atoms with E-state index in [0.29, 0.717) is 18.5 Å². The van der Waals surface area contributed by atoms with E-state index in [2.05, 4.69) is 28.8 Å². The van der Waals surface area contributed by atoms with Crippen molar-refractivity contribution in [3.05, 3.63) is 18.2 Å². The molecule has 2 atom stereocenters. The molecule has 1 fully saturated rings. The van der Waals surface area contributed by atoms with Gasteiger partial charge in [0.1, 0.15) is 4.90 Å². The van der Waals surface area contributed by atoms with Crippen LogP contribution in [0.15, 0.2) is 23.1 Å². The smallest absolute Gasteiger partial charge is 0.242 e. The van der Waals surface area contributed by atoms with Gasteiger partial charge >= 0.3 is 0 Å². The molecule has 1 heterocycles. The molecular formula is C22H37N3O3S. The van der Waals surface area contributed by atoms with E-state index in [1.807, 2.05) is 26.0 Å². The van der Waals surface area contributed by atoms with Crippen LogP contribution in [0.4, 0.5) is 11.4 Å². The van der Waals surface area contributed by atoms with E-state index in [1.54, 1.807) is 6.07 Å². The number of carbonyl (C=O) groups excluding carboxylic acids is 1. The first-order valence-electron chi connectivity index (χ1n) is 11.0. The van der Waals surface area contributed by atoms with Crippen LogP contribution < -0.4 is 14.9 Å². The van der Waals surface area contributed by atoms with Gasteiger partial charge in [0.05, 0.1) is 5.69 Å². The number of nitrogens with zero attached hydrogens (tertiary/aromatic N) is 1. The summed E-state index contributed by atoms with van der Waals surface area (Å²) in [6, 6.07) is 5.40. The predicted octanol–water partition coefficient (Wildman–Crippen LogP) is 4.66. The minimum Gasteiger partial charge on any atom is -0.368 e. The van der Waals surface area contributed by atoms with Gasteiger partial charge in [-0.3, -0.25) is 4.79 Å². The quantitative estimate of drug-likeness (QED) is 0.537. The molecule has 1 aromatic rings. The number of anilines is 2. The molecule has 0 aromatic heterocycles. The molecule has 6 nitrogen and oxygen atoms in total. The molecular weight excluding hydrogens is 386 g/mol. The van der Waals surface area contributed by atoms with Gasteiger partial charge in [-0.2, -0.15) is 0 Å². The third kappa shape index (κ3) is 6.71. The van der Waals surface area contributed by atoms with Crippen LogP contribution in [0.2, 0.25) is 0 Å². The fourth-order valence-electron chi connectivity index (χ4n) is 3.67. The third-order valence-electron chi connectivity index (χ3n) is 5.62. The van der Waals surface area contributed by atoms with E-state index >= 15 is 0 Å². The fraction of sp³-hybridized carbons (Fsp3) is 0.682. The Bertz CT molecular complexity index is 780. The van der Waals surface area contributed by atoms with E-state index < -0.39 is 10.0 Å². The Kier molecular flexibility index (Phi) is 8.96. The first-order chi connectivity index (χ1) is 13.8. The van der Waals surface area contributed by atoms with Crippen LogP contribution in [0.5, 0.6) is 0 Å². The molecule has 0 unspecified atom stereocenters. The van der Waals surface area contributed by atoms with Gasteiger partial charge in [0.25, 0.3) is 0 Å². The summed E-state index contributed by atoms with van der Waals surface area (Å²) in [6.45, 7) is 8.89. The largest absolute Gasteiger partial charge is 0.368 e. The van der Waals surface area contributed by atoms with Crippen LogP contribution in [0.1, 0.15) is 79.1 Å². The zero-order valence-electron chi connectivity index (χ0n) is 18.3. The maximum atomic E-state index is 13.2. The van der Waals surface area contributed by atoms with Gasteiger partial charge in [-0.15, -0.1) is 0 Å². The highest BCUT2D eigenvalue weighted by Gasteiger charge is 2.27. The number of unbranched alkanes of at least 4 members (excludes halogenated alkanes) is 2. The molecule has 1 saturated heterocycles. The van der Waals surface area contributed by atoms with Gasteiger partial charge in [0, 0.05) is 30.7 Å². The second kappa shape index (κ2) is 11.0. The summed E-state index contributed by atoms with van der Waals surface area (Å²) in [6.07, 6.45) is 7.34. The maximum absolute atomic E-state index is 13.2. The molecule has 0 radical (unpaired) electrons. The molecule has 1 amide bonds. The number of hydrogen-bond acceptors (Lipinski definition) is 4. The van der Waals surface area contributed by atoms with Crippen LogP contribution in [0.3, 0.4) is 0 Å². The highest BCUT2D eigenvalue weighted by atomic mass is 32.2. The minimum absolute atomic E-state index is 0.0734. The lowest BCUT2D eigenvalue weighted by molar-refractivity contribution is -0.116. The molecule has 7 heteroatoms. The summed E-state index contributed by atoms with van der Waals surface area (Å²) in [5, 5.41) is 2.87. The summed E-state index contributed by atoms with van der Waals surface area (Å²) in [7, 11) is -3.70. The summed E-state index contributed by atoms with van der Waals surface area (Å²) in [5.74, 6) is -0.0734. The van der Waals surface area contributed by atoms with Crippen molar-refractivity contribution in [2.75, 3.05) is 16.8 Å². The highest BCUT2D eigenvalue weighted by Crippen LogP contribution is 2.33. The van der Waals surface area contributed by atoms with E-state index in [0.717, 1.165) is 50.8 Å². The Morgan fingerprint density at radius 3 is 2.66 bits per heavy atom. The molecule has 29 heavy (non-hydrogen) atoms. The zero-order valence-corrected chi connectivity index (χ0v) is 19.1. The number of benzene rings is 1. The molecule has 0 saturated carbocycles. The average molecular weight is 424 g/mol. The van der Waals surface area contributed by atoms with Gasteiger partial charge in [0.15, 0.2) is 0 Å². The van der Waals surface area contributed by atoms with E-state index in [1.165, 1.54) is 0 Å². The number of piperidine rings is 1. The van der Waals surface area contributed by atoms with Crippen LogP contribution in [-0.2, 0) is 14.8 Å². The number of amides is 1. The standard InChI is InChI=1S/C22H37N3O3S/c1-5-7-8-12-22(26)23-19-13-14-20(25-15-10-9-11-18(25)4)21(16-19)29(27,28)24-17(3)6-2/h13-14,16-18,24H,5-12,15H2,1-4H3,(H,23,26)/t17-,18-/m1/s1. The molecule has 0 spiro atoms. The monoisotopic (exact) mass is 423 g/mol. The number of sulfonamides is 1. The lowest BCUT2D eigenvalue weighted by Crippen LogP contribution is -2.39. The Morgan fingerprint density at radius 1 is 1.24 bits per heavy atom. The van der Waals surface area contributed by atoms with Crippen LogP contribution in [0, 0.1) is 0 Å². The summed E-state index contributed by atoms with van der Waals surface area (Å²) < 4.78 is 29.1. The molecule has 0 bridgehead atoms. The van der Waals surface area contributed by atoms with Gasteiger partial charge in [-0.05, 0) is 64.2 Å². The van der Waals surface area contributed by atoms with Crippen molar-refractivity contribution in [3.8, 4) is 0 Å². The third-order valence-corrected chi connectivity index (χ3v) is 7.24. The second-order valence-corrected chi connectivity index (χ2v) is 9.84. The van der Waals surface area contributed by atoms with Crippen LogP contribution in [-0.4, -0.2) is 33.0 Å². The normalized spacial score (nSPS) is 18.5. The minimum atomic E-state index is -3.70. The summed E-state index contributed by atoms with van der Waals surface area (Å²) in [4.78, 5) is 14.7. The first-order valence-corrected chi connectivity index (χ1v) is 12.5. The predicted molar refractivity (Wildman–Crippen MR) is 120 cm³/mol. The van der Waals surface area contributed by atoms with Crippen molar-refractivity contribution in [1.82, 2.24) is 4.72 Å². The summed E-state index contributed by atoms with van der Waals surface area (Å²) >= 11 is 0. The Balaban J connectivity index is 2.34. The van der Waals surface area contributed by atoms with Gasteiger partial charge in [-0.1, -0.05) is 26.7 Å². The van der Waals surface area contributed by atoms with Crippen molar-refractivity contribution in [2.24, 2.45) is 0 Å². The van der Waals surface area contributed by atoms with E-state index in [9.17, 15) is 13.2 Å². The molecule has 2 rings (SSSR count). The first kappa shape index (κ1) is 23.7. The van der Waals surface area contributed by atoms with Crippen molar-refractivity contribution in [2.45, 2.75) is 96.0 Å². The average Bonchev–Trinajstić information content (AvgIpc) is 2.68. The van der Waals surface area contributed by atoms with E-state index in [4.69, 9.17) is 0 Å². The Labute approximate surface area is 176 Å². The lowest BCUT2D eigenvalue weighted by atomic mass is 10.0. The Hall–Kier alpha value is -1.60. The molecule has 0 aliphatic carbocycles. The topological polar surface area (TPSA) is 78.5 Å². The number of rotatable bonds is 10. The molecule has 1 aliphatic heterocycles. The number of carbonyl (C=O) groups is 1. The van der Waals surface area contributed by atoms with Gasteiger partial charge in [0.2, 0.25) is 15.9 Å². The molecule has 1 aliphatic rings. The van der Waals surface area contributed by atoms with Gasteiger partial charge < -0.3 is 10.2 Å². The van der Waals surface area contributed by atoms with E-state index in [-0.39, 0.29) is 22.9 Å². The van der Waals surface area contributed by atoms with Crippen molar-refractivity contribution >= 4 is 27.3 Å². The summed E-state index contributed by atoms with van der Waals surface area (Å²) in [5.41, 5.74) is 1.25. The lowest BCUT2D eigenvalue weighted by Gasteiger charge is -2.36. The fourth-order valence-corrected chi connectivity index (χ4v) is 5.24. The number of nitrogens with one attached hydrogen (secondary N) is 2. The molecule has 1 aromatic carbocycles. The Morgan fingerprint density at radius 2 is 2.00 bits per heavy atom. The molecule has 2 N–H and O–H groups in total. The van der Waals surface area contributed by atoms with Crippen LogP contribution in [0.25, 0.3) is 0 Å². The second-order valence-electron chi connectivity index (χ2n) is 8.16.